The Kier molecular flexibility index (Phi) is 23.0. The monoisotopic (exact) mass is 849 g/mol. The van der Waals surface area contributed by atoms with Gasteiger partial charge in [0.1, 0.15) is 42.4 Å². The van der Waals surface area contributed by atoms with Crippen LogP contribution in [0.2, 0.25) is 0 Å². The van der Waals surface area contributed by atoms with E-state index >= 15 is 0 Å². The van der Waals surface area contributed by atoms with Crippen molar-refractivity contribution < 1.29 is 58.3 Å². The van der Waals surface area contributed by atoms with Crippen molar-refractivity contribution in [3.8, 4) is 35.2 Å². The molecule has 4 amide bonds. The summed E-state index contributed by atoms with van der Waals surface area (Å²) in [6, 6.07) is 10.4. The number of methoxy groups -OCH3 is 1. The van der Waals surface area contributed by atoms with Gasteiger partial charge in [-0.05, 0) is 121 Å². The Labute approximate surface area is 357 Å². The van der Waals surface area contributed by atoms with E-state index in [4.69, 9.17) is 40.1 Å². The van der Waals surface area contributed by atoms with Gasteiger partial charge < -0.3 is 50.8 Å². The molecule has 2 aromatic carbocycles. The van der Waals surface area contributed by atoms with Crippen molar-refractivity contribution in [1.29, 1.82) is 0 Å². The Balaban J connectivity index is 0.000000626. The van der Waals surface area contributed by atoms with Gasteiger partial charge in [-0.15, -0.1) is 0 Å². The summed E-state index contributed by atoms with van der Waals surface area (Å²) in [4.78, 5) is 61.4. The highest BCUT2D eigenvalue weighted by Gasteiger charge is 2.40. The Bertz CT molecular complexity index is 1910. The lowest BCUT2D eigenvalue weighted by molar-refractivity contribution is -0.144. The van der Waals surface area contributed by atoms with Crippen molar-refractivity contribution in [3.63, 3.8) is 0 Å². The molecular weight excluding hydrogens is 791 g/mol. The zero-order valence-corrected chi connectivity index (χ0v) is 35.9. The lowest BCUT2D eigenvalue weighted by Gasteiger charge is -2.34. The van der Waals surface area contributed by atoms with Gasteiger partial charge in [0.15, 0.2) is 0 Å². The highest BCUT2D eigenvalue weighted by Crippen LogP contribution is 2.17. The summed E-state index contributed by atoms with van der Waals surface area (Å²) >= 11 is 0. The lowest BCUT2D eigenvalue weighted by Crippen LogP contribution is -2.62. The van der Waals surface area contributed by atoms with Crippen LogP contribution < -0.4 is 36.6 Å². The van der Waals surface area contributed by atoms with Crippen molar-refractivity contribution in [2.24, 2.45) is 5.73 Å². The first-order chi connectivity index (χ1) is 28.7. The molecule has 0 bridgehead atoms. The van der Waals surface area contributed by atoms with Gasteiger partial charge in [0.25, 0.3) is 17.7 Å². The Morgan fingerprint density at radius 1 is 0.721 bits per heavy atom. The van der Waals surface area contributed by atoms with Crippen LogP contribution in [-0.4, -0.2) is 108 Å². The van der Waals surface area contributed by atoms with Crippen LogP contribution in [0, 0.1) is 23.7 Å². The predicted molar refractivity (Wildman–Crippen MR) is 227 cm³/mol. The number of nitrogens with two attached hydrogens (primary N) is 1. The van der Waals surface area contributed by atoms with E-state index in [1.165, 1.54) is 12.6 Å². The van der Waals surface area contributed by atoms with E-state index in [-0.39, 0.29) is 19.8 Å². The van der Waals surface area contributed by atoms with E-state index < -0.39 is 58.5 Å². The van der Waals surface area contributed by atoms with Crippen LogP contribution in [-0.2, 0) is 19.1 Å². The molecule has 0 unspecified atom stereocenters. The number of esters is 1. The van der Waals surface area contributed by atoms with Crippen LogP contribution in [0.3, 0.4) is 0 Å². The molecule has 2 rings (SSSR count). The molecule has 2 atom stereocenters. The minimum atomic E-state index is -1.21. The van der Waals surface area contributed by atoms with Crippen LogP contribution in [0.25, 0.3) is 0 Å². The molecule has 61 heavy (non-hydrogen) atoms. The largest absolute Gasteiger partial charge is 0.490 e. The number of allylic oxidation sites excluding steroid dienone is 2. The number of benzene rings is 2. The molecule has 0 aliphatic rings. The Morgan fingerprint density at radius 3 is 1.51 bits per heavy atom. The standard InChI is InChI=1S/C25H34N2O7.C19H25N3O5/c1-24(2,3)34-23(31)27-25(4,5)20(22(30)32-6)26-21(29)18-12-14-19(15-13-18)33-17-11-9-7-8-10-16-28;1-19(2,20)16(18(25)22-26)21-17(24)14-8-10-15(11-9-14)27-13-7-5-3-4-6-12-23/h9,11-15,20,28H,10,16-17H2,1-6H3,(H,26,29)(H,27,31);5,7-11,16,23,26H,6,12-13,20H2,1-2H3,(H,21,24)(H,22,25)/b11-9+;7-5+/t20-;16-/m11/s1. The average Bonchev–Trinajstić information content (AvgIpc) is 3.19. The van der Waals surface area contributed by atoms with E-state index in [0.717, 1.165) is 0 Å². The van der Waals surface area contributed by atoms with Crippen molar-refractivity contribution in [3.05, 3.63) is 84.0 Å². The van der Waals surface area contributed by atoms with Crippen LogP contribution >= 0.6 is 0 Å². The zero-order chi connectivity index (χ0) is 46.1. The second kappa shape index (κ2) is 26.7. The third kappa shape index (κ3) is 21.5. The summed E-state index contributed by atoms with van der Waals surface area (Å²) in [6.07, 6.45) is 6.85. The van der Waals surface area contributed by atoms with E-state index in [9.17, 15) is 24.0 Å². The molecule has 0 fully saturated rings. The molecule has 0 aliphatic heterocycles. The van der Waals surface area contributed by atoms with Gasteiger partial charge in [0, 0.05) is 29.5 Å². The zero-order valence-electron chi connectivity index (χ0n) is 35.9. The summed E-state index contributed by atoms with van der Waals surface area (Å²) in [6.45, 7) is 12.1. The average molecular weight is 850 g/mol. The molecular formula is C44H59N5O12. The topological polar surface area (TPSA) is 257 Å². The minimum Gasteiger partial charge on any atom is -0.490 e. The second-order valence-electron chi connectivity index (χ2n) is 15.0. The number of hydrogen-bond donors (Lipinski definition) is 8. The molecule has 2 aromatic rings. The van der Waals surface area contributed by atoms with Gasteiger partial charge in [0.2, 0.25) is 0 Å². The van der Waals surface area contributed by atoms with E-state index in [0.29, 0.717) is 42.1 Å². The number of hydroxylamine groups is 1. The Hall–Kier alpha value is -6.37. The summed E-state index contributed by atoms with van der Waals surface area (Å²) in [7, 11) is 1.20. The van der Waals surface area contributed by atoms with Gasteiger partial charge in [-0.2, -0.15) is 0 Å². The minimum absolute atomic E-state index is 0.0232. The molecule has 17 heteroatoms. The van der Waals surface area contributed by atoms with Gasteiger partial charge in [-0.1, -0.05) is 23.7 Å². The molecule has 0 saturated heterocycles. The first-order valence-electron chi connectivity index (χ1n) is 19.1. The molecule has 0 spiro atoms. The van der Waals surface area contributed by atoms with Crippen molar-refractivity contribution >= 4 is 29.8 Å². The number of rotatable bonds is 17. The molecule has 9 N–H and O–H groups in total. The second-order valence-corrected chi connectivity index (χ2v) is 15.0. The summed E-state index contributed by atoms with van der Waals surface area (Å²) in [5.74, 6) is 9.59. The van der Waals surface area contributed by atoms with Crippen LogP contribution in [0.1, 0.15) is 82.0 Å². The maximum absolute atomic E-state index is 12.8. The number of aliphatic hydroxyl groups excluding tert-OH is 2. The van der Waals surface area contributed by atoms with Gasteiger partial charge in [-0.3, -0.25) is 19.6 Å². The van der Waals surface area contributed by atoms with Crippen molar-refractivity contribution in [2.75, 3.05) is 33.5 Å². The fourth-order valence-corrected chi connectivity index (χ4v) is 4.66. The number of aliphatic hydroxyl groups is 2. The van der Waals surface area contributed by atoms with Gasteiger partial charge >= 0.3 is 12.1 Å². The van der Waals surface area contributed by atoms with Crippen LogP contribution in [0.15, 0.2) is 72.8 Å². The Morgan fingerprint density at radius 2 is 1.15 bits per heavy atom. The summed E-state index contributed by atoms with van der Waals surface area (Å²) < 4.78 is 21.1. The van der Waals surface area contributed by atoms with Crippen LogP contribution in [0.4, 0.5) is 4.79 Å². The molecule has 17 nitrogen and oxygen atoms in total. The third-order valence-corrected chi connectivity index (χ3v) is 7.65. The fraction of sp³-hybridized carbons (Fsp3) is 0.432. The highest BCUT2D eigenvalue weighted by molar-refractivity contribution is 5.98. The summed E-state index contributed by atoms with van der Waals surface area (Å²) in [5, 5.41) is 33.8. The third-order valence-electron chi connectivity index (χ3n) is 7.65. The predicted octanol–water partition coefficient (Wildman–Crippen LogP) is 2.93. The lowest BCUT2D eigenvalue weighted by atomic mass is 9.94. The SMILES string of the molecule is CC(C)(N)[C@H](NC(=O)c1ccc(OC/C=C/C#CCCO)cc1)C(=O)NO.COC(=O)[C@@H](NC(=O)c1ccc(OC/C=C/C#CCCO)cc1)C(C)(C)NC(=O)OC(C)(C)C. The van der Waals surface area contributed by atoms with E-state index in [2.05, 4.69) is 39.6 Å². The smallest absolute Gasteiger partial charge is 0.408 e. The molecule has 0 aliphatic carbocycles. The maximum atomic E-state index is 12.8. The molecule has 0 aromatic heterocycles. The first-order valence-corrected chi connectivity index (χ1v) is 19.1. The van der Waals surface area contributed by atoms with E-state index in [1.807, 2.05) is 0 Å². The molecule has 0 saturated carbocycles. The number of carbonyl (C=O) groups is 5. The number of nitrogens with one attached hydrogen (secondary N) is 4. The molecule has 0 heterocycles. The number of alkyl carbamates (subject to hydrolysis) is 1. The number of amides is 4. The molecule has 332 valence electrons. The normalized spacial score (nSPS) is 12.1. The van der Waals surface area contributed by atoms with Gasteiger partial charge in [-0.25, -0.2) is 15.1 Å². The number of carbonyl (C=O) groups excluding carboxylic acids is 5. The molecule has 0 radical (unpaired) electrons. The van der Waals surface area contributed by atoms with Crippen molar-refractivity contribution in [2.45, 2.75) is 90.1 Å². The first kappa shape index (κ1) is 52.6. The van der Waals surface area contributed by atoms with Crippen LogP contribution in [0.5, 0.6) is 11.5 Å². The summed E-state index contributed by atoms with van der Waals surface area (Å²) in [5.41, 5.74) is 4.98. The maximum Gasteiger partial charge on any atom is 0.408 e. The van der Waals surface area contributed by atoms with Gasteiger partial charge in [0.05, 0.1) is 25.9 Å². The van der Waals surface area contributed by atoms with E-state index in [1.54, 1.807) is 121 Å². The highest BCUT2D eigenvalue weighted by atomic mass is 16.6. The number of hydrogen-bond acceptors (Lipinski definition) is 13. The fourth-order valence-electron chi connectivity index (χ4n) is 4.66. The van der Waals surface area contributed by atoms with Crippen molar-refractivity contribution in [1.82, 2.24) is 21.4 Å². The quantitative estimate of drug-likeness (QED) is 0.0494. The number of ether oxygens (including phenoxy) is 4.